The van der Waals surface area contributed by atoms with Gasteiger partial charge in [-0.3, -0.25) is 14.9 Å². The van der Waals surface area contributed by atoms with Crippen LogP contribution in [0.2, 0.25) is 5.15 Å². The number of ether oxygens (including phenoxy) is 1. The van der Waals surface area contributed by atoms with E-state index < -0.39 is 16.1 Å². The molecule has 0 aliphatic rings. The summed E-state index contributed by atoms with van der Waals surface area (Å²) < 4.78 is 5.36. The predicted octanol–water partition coefficient (Wildman–Crippen LogP) is 5.02. The molecule has 0 unspecified atom stereocenters. The van der Waals surface area contributed by atoms with E-state index in [0.717, 1.165) is 15.8 Å². The van der Waals surface area contributed by atoms with Crippen LogP contribution in [0.4, 0.5) is 5.69 Å². The molecule has 0 spiro atoms. The van der Waals surface area contributed by atoms with E-state index in [4.69, 9.17) is 16.3 Å². The molecule has 0 saturated heterocycles. The number of thioether (sulfide) groups is 1. The third-order valence-electron chi connectivity index (χ3n) is 3.81. The molecule has 6 nitrogen and oxygen atoms in total. The Kier molecular flexibility index (Phi) is 5.93. The zero-order valence-corrected chi connectivity index (χ0v) is 15.9. The van der Waals surface area contributed by atoms with E-state index in [-0.39, 0.29) is 12.3 Å². The fourth-order valence-corrected chi connectivity index (χ4v) is 3.47. The number of para-hydroxylation sites is 1. The molecule has 27 heavy (non-hydrogen) atoms. The SMILES string of the molecule is C[C@H](Sc1ccc([N+](=O)[O-])cc1)C(=O)OCc1cc2ccccc2nc1Cl. The highest BCUT2D eigenvalue weighted by Crippen LogP contribution is 2.27. The van der Waals surface area contributed by atoms with Crippen molar-refractivity contribution in [3.63, 3.8) is 0 Å². The van der Waals surface area contributed by atoms with Crippen LogP contribution in [-0.2, 0) is 16.1 Å². The van der Waals surface area contributed by atoms with Crippen LogP contribution in [0.1, 0.15) is 12.5 Å². The lowest BCUT2D eigenvalue weighted by atomic mass is 10.2. The molecule has 0 saturated carbocycles. The highest BCUT2D eigenvalue weighted by atomic mass is 35.5. The summed E-state index contributed by atoms with van der Waals surface area (Å²) in [4.78, 5) is 27.5. The van der Waals surface area contributed by atoms with Crippen molar-refractivity contribution in [1.82, 2.24) is 4.98 Å². The summed E-state index contributed by atoms with van der Waals surface area (Å²) in [5.74, 6) is -0.400. The van der Waals surface area contributed by atoms with Gasteiger partial charge in [-0.1, -0.05) is 29.8 Å². The number of hydrogen-bond acceptors (Lipinski definition) is 6. The Morgan fingerprint density at radius 2 is 1.96 bits per heavy atom. The molecule has 0 amide bonds. The molecule has 3 aromatic rings. The highest BCUT2D eigenvalue weighted by Gasteiger charge is 2.17. The van der Waals surface area contributed by atoms with Gasteiger partial charge < -0.3 is 4.74 Å². The van der Waals surface area contributed by atoms with Crippen molar-refractivity contribution in [3.8, 4) is 0 Å². The van der Waals surface area contributed by atoms with Gasteiger partial charge in [0.2, 0.25) is 0 Å². The molecule has 0 radical (unpaired) electrons. The minimum atomic E-state index is -0.473. The third-order valence-corrected chi connectivity index (χ3v) is 5.23. The topological polar surface area (TPSA) is 82.3 Å². The van der Waals surface area contributed by atoms with Crippen LogP contribution in [-0.4, -0.2) is 21.1 Å². The highest BCUT2D eigenvalue weighted by molar-refractivity contribution is 8.00. The van der Waals surface area contributed by atoms with Crippen molar-refractivity contribution in [2.75, 3.05) is 0 Å². The van der Waals surface area contributed by atoms with Crippen molar-refractivity contribution in [1.29, 1.82) is 0 Å². The summed E-state index contributed by atoms with van der Waals surface area (Å²) in [6.45, 7) is 1.75. The normalized spacial score (nSPS) is 11.9. The zero-order chi connectivity index (χ0) is 19.4. The van der Waals surface area contributed by atoms with Gasteiger partial charge >= 0.3 is 5.97 Å². The third kappa shape index (κ3) is 4.75. The van der Waals surface area contributed by atoms with Crippen LogP contribution in [0.25, 0.3) is 10.9 Å². The van der Waals surface area contributed by atoms with Gasteiger partial charge in [0, 0.05) is 28.0 Å². The monoisotopic (exact) mass is 402 g/mol. The Morgan fingerprint density at radius 3 is 2.67 bits per heavy atom. The number of nitro groups is 1. The molecule has 8 heteroatoms. The van der Waals surface area contributed by atoms with Crippen molar-refractivity contribution in [3.05, 3.63) is 75.4 Å². The molecule has 2 aromatic carbocycles. The average Bonchev–Trinajstić information content (AvgIpc) is 2.66. The number of halogens is 1. The van der Waals surface area contributed by atoms with Gasteiger partial charge in [-0.15, -0.1) is 11.8 Å². The van der Waals surface area contributed by atoms with Crippen molar-refractivity contribution in [2.45, 2.75) is 23.7 Å². The first-order valence-corrected chi connectivity index (χ1v) is 9.31. The Labute approximate surface area is 164 Å². The number of esters is 1. The molecule has 0 N–H and O–H groups in total. The van der Waals surface area contributed by atoms with Crippen LogP contribution in [0.5, 0.6) is 0 Å². The Balaban J connectivity index is 1.61. The second-order valence-electron chi connectivity index (χ2n) is 5.75. The van der Waals surface area contributed by atoms with Gasteiger partial charge in [0.05, 0.1) is 10.4 Å². The predicted molar refractivity (Wildman–Crippen MR) is 105 cm³/mol. The minimum absolute atomic E-state index is 0.00743. The molecule has 0 bridgehead atoms. The van der Waals surface area contributed by atoms with Gasteiger partial charge in [-0.2, -0.15) is 0 Å². The largest absolute Gasteiger partial charge is 0.460 e. The second-order valence-corrected chi connectivity index (χ2v) is 7.52. The molecular weight excluding hydrogens is 388 g/mol. The van der Waals surface area contributed by atoms with Gasteiger partial charge in [-0.05, 0) is 31.2 Å². The number of pyridine rings is 1. The van der Waals surface area contributed by atoms with E-state index in [1.165, 1.54) is 23.9 Å². The number of nitrogens with zero attached hydrogens (tertiary/aromatic N) is 2. The van der Waals surface area contributed by atoms with E-state index in [1.807, 2.05) is 30.3 Å². The van der Waals surface area contributed by atoms with Gasteiger partial charge in [0.1, 0.15) is 17.0 Å². The quantitative estimate of drug-likeness (QED) is 0.189. The maximum atomic E-state index is 12.3. The minimum Gasteiger partial charge on any atom is -0.460 e. The first-order chi connectivity index (χ1) is 12.9. The number of hydrogen-bond donors (Lipinski definition) is 0. The lowest BCUT2D eigenvalue weighted by Crippen LogP contribution is -2.17. The van der Waals surface area contributed by atoms with Crippen molar-refractivity contribution >= 4 is 45.9 Å². The second kappa shape index (κ2) is 8.37. The molecule has 3 rings (SSSR count). The Morgan fingerprint density at radius 1 is 1.26 bits per heavy atom. The summed E-state index contributed by atoms with van der Waals surface area (Å²) in [6.07, 6.45) is 0. The molecule has 1 atom stereocenters. The smallest absolute Gasteiger partial charge is 0.319 e. The van der Waals surface area contributed by atoms with Crippen LogP contribution in [0.15, 0.2) is 59.5 Å². The number of carbonyl (C=O) groups excluding carboxylic acids is 1. The number of aromatic nitrogens is 1. The molecule has 1 aromatic heterocycles. The fraction of sp³-hybridized carbons (Fsp3) is 0.158. The van der Waals surface area contributed by atoms with Crippen LogP contribution < -0.4 is 0 Å². The summed E-state index contributed by atoms with van der Waals surface area (Å²) >= 11 is 7.44. The lowest BCUT2D eigenvalue weighted by Gasteiger charge is -2.12. The van der Waals surface area contributed by atoms with Crippen LogP contribution in [0.3, 0.4) is 0 Å². The summed E-state index contributed by atoms with van der Waals surface area (Å²) in [5.41, 5.74) is 1.42. The maximum absolute atomic E-state index is 12.3. The van der Waals surface area contributed by atoms with Crippen LogP contribution >= 0.6 is 23.4 Å². The molecular formula is C19H15ClN2O4S. The number of nitro benzene ring substituents is 1. The van der Waals surface area contributed by atoms with E-state index in [1.54, 1.807) is 19.1 Å². The fourth-order valence-electron chi connectivity index (χ4n) is 2.40. The van der Waals surface area contributed by atoms with Crippen molar-refractivity contribution < 1.29 is 14.5 Å². The number of rotatable bonds is 6. The molecule has 0 aliphatic heterocycles. The van der Waals surface area contributed by atoms with E-state index in [9.17, 15) is 14.9 Å². The Bertz CT molecular complexity index is 995. The number of fused-ring (bicyclic) bond motifs is 1. The first-order valence-electron chi connectivity index (χ1n) is 8.06. The number of non-ortho nitro benzene ring substituents is 1. The number of carbonyl (C=O) groups is 1. The lowest BCUT2D eigenvalue weighted by molar-refractivity contribution is -0.384. The molecule has 0 aliphatic carbocycles. The van der Waals surface area contributed by atoms with Gasteiger partial charge in [0.25, 0.3) is 5.69 Å². The first kappa shape index (κ1) is 19.1. The Hall–Kier alpha value is -2.64. The van der Waals surface area contributed by atoms with E-state index >= 15 is 0 Å². The molecule has 1 heterocycles. The van der Waals surface area contributed by atoms with E-state index in [0.29, 0.717) is 10.7 Å². The van der Waals surface area contributed by atoms with Gasteiger partial charge in [-0.25, -0.2) is 4.98 Å². The summed E-state index contributed by atoms with van der Waals surface area (Å²) in [6, 6.07) is 15.4. The maximum Gasteiger partial charge on any atom is 0.319 e. The number of benzene rings is 2. The zero-order valence-electron chi connectivity index (χ0n) is 14.3. The van der Waals surface area contributed by atoms with Gasteiger partial charge in [0.15, 0.2) is 0 Å². The standard InChI is InChI=1S/C19H15ClN2O4S/c1-12(27-16-8-6-15(7-9-16)22(24)25)19(23)26-11-14-10-13-4-2-3-5-17(13)21-18(14)20/h2-10,12H,11H2,1H3/t12-/m0/s1. The summed E-state index contributed by atoms with van der Waals surface area (Å²) in [5, 5.41) is 11.4. The van der Waals surface area contributed by atoms with Crippen molar-refractivity contribution in [2.24, 2.45) is 0 Å². The van der Waals surface area contributed by atoms with Crippen LogP contribution in [0, 0.1) is 10.1 Å². The molecule has 138 valence electrons. The average molecular weight is 403 g/mol. The summed E-state index contributed by atoms with van der Waals surface area (Å²) in [7, 11) is 0. The van der Waals surface area contributed by atoms with E-state index in [2.05, 4.69) is 4.98 Å². The molecule has 0 fully saturated rings.